The second-order valence-electron chi connectivity index (χ2n) is 6.74. The van der Waals surface area contributed by atoms with Gasteiger partial charge in [0.1, 0.15) is 6.54 Å². The molecule has 30 heavy (non-hydrogen) atoms. The third kappa shape index (κ3) is 5.65. The van der Waals surface area contributed by atoms with Crippen LogP contribution >= 0.6 is 0 Å². The Kier molecular flexibility index (Phi) is 7.01. The maximum Gasteiger partial charge on any atom is 0.245 e. The molecule has 0 spiro atoms. The summed E-state index contributed by atoms with van der Waals surface area (Å²) < 4.78 is 50.7. The Bertz CT molecular complexity index is 1160. The van der Waals surface area contributed by atoms with Gasteiger partial charge < -0.3 is 5.32 Å². The number of hydrogen-bond acceptors (Lipinski definition) is 6. The smallest absolute Gasteiger partial charge is 0.245 e. The van der Waals surface area contributed by atoms with Crippen LogP contribution in [0.1, 0.15) is 17.3 Å². The topological polar surface area (TPSA) is 121 Å². The van der Waals surface area contributed by atoms with Crippen molar-refractivity contribution in [2.45, 2.75) is 11.8 Å². The molecule has 0 heterocycles. The molecular formula is C19H23N3O6S2. The summed E-state index contributed by atoms with van der Waals surface area (Å²) in [7, 11) is -4.73. The largest absolute Gasteiger partial charge is 0.324 e. The summed E-state index contributed by atoms with van der Waals surface area (Å²) in [5, 5.41) is 2.56. The summed E-state index contributed by atoms with van der Waals surface area (Å²) in [6, 6.07) is 11.5. The minimum Gasteiger partial charge on any atom is -0.324 e. The molecule has 162 valence electrons. The van der Waals surface area contributed by atoms with Gasteiger partial charge in [0, 0.05) is 25.3 Å². The van der Waals surface area contributed by atoms with Crippen LogP contribution in [-0.4, -0.2) is 59.7 Å². The lowest BCUT2D eigenvalue weighted by molar-refractivity contribution is -0.114. The maximum absolute atomic E-state index is 12.4. The maximum atomic E-state index is 12.4. The van der Waals surface area contributed by atoms with Gasteiger partial charge in [0.2, 0.25) is 26.0 Å². The van der Waals surface area contributed by atoms with Crippen molar-refractivity contribution in [3.63, 3.8) is 0 Å². The number of sulfonamides is 2. The van der Waals surface area contributed by atoms with Gasteiger partial charge in [-0.05, 0) is 43.3 Å². The summed E-state index contributed by atoms with van der Waals surface area (Å²) in [6.45, 7) is 0.870. The van der Waals surface area contributed by atoms with Crippen molar-refractivity contribution in [1.29, 1.82) is 0 Å². The zero-order valence-corrected chi connectivity index (χ0v) is 18.6. The quantitative estimate of drug-likeness (QED) is 0.605. The first-order valence-electron chi connectivity index (χ1n) is 8.73. The van der Waals surface area contributed by atoms with E-state index in [0.29, 0.717) is 11.3 Å². The summed E-state index contributed by atoms with van der Waals surface area (Å²) in [5.74, 6) is -0.789. The predicted octanol–water partition coefficient (Wildman–Crippen LogP) is 1.54. The molecule has 2 aromatic carbocycles. The van der Waals surface area contributed by atoms with Crippen molar-refractivity contribution >= 4 is 43.1 Å². The highest BCUT2D eigenvalue weighted by Crippen LogP contribution is 2.22. The van der Waals surface area contributed by atoms with Gasteiger partial charge in [-0.2, -0.15) is 0 Å². The van der Waals surface area contributed by atoms with Gasteiger partial charge in [-0.25, -0.2) is 21.1 Å². The molecule has 9 nitrogen and oxygen atoms in total. The van der Waals surface area contributed by atoms with E-state index in [1.54, 1.807) is 18.2 Å². The summed E-state index contributed by atoms with van der Waals surface area (Å²) in [4.78, 5) is 23.9. The van der Waals surface area contributed by atoms with Gasteiger partial charge in [0.25, 0.3) is 0 Å². The van der Waals surface area contributed by atoms with Crippen molar-refractivity contribution in [3.8, 4) is 0 Å². The monoisotopic (exact) mass is 453 g/mol. The number of anilines is 2. The zero-order chi connectivity index (χ0) is 22.7. The standard InChI is InChI=1S/C19H23N3O6S2/c1-14(23)15-6-5-7-16(12-15)20-19(24)13-22(29(4,25)26)17-8-10-18(11-9-17)30(27,28)21(2)3/h5-12H,13H2,1-4H3,(H,20,24). The van der Waals surface area contributed by atoms with Gasteiger partial charge in [-0.1, -0.05) is 12.1 Å². The van der Waals surface area contributed by atoms with Crippen molar-refractivity contribution < 1.29 is 26.4 Å². The highest BCUT2D eigenvalue weighted by molar-refractivity contribution is 7.92. The molecule has 1 amide bonds. The van der Waals surface area contributed by atoms with Crippen LogP contribution in [0.3, 0.4) is 0 Å². The molecule has 0 unspecified atom stereocenters. The number of Topliss-reactive ketones (excluding diaryl/α,β-unsaturated/α-hetero) is 1. The van der Waals surface area contributed by atoms with Gasteiger partial charge in [-0.15, -0.1) is 0 Å². The van der Waals surface area contributed by atoms with Crippen LogP contribution in [0.25, 0.3) is 0 Å². The molecule has 0 radical (unpaired) electrons. The minimum absolute atomic E-state index is 0.00444. The number of carbonyl (C=O) groups is 2. The van der Waals surface area contributed by atoms with E-state index in [9.17, 15) is 26.4 Å². The molecule has 0 saturated carbocycles. The lowest BCUT2D eigenvalue weighted by Gasteiger charge is -2.22. The lowest BCUT2D eigenvalue weighted by atomic mass is 10.1. The fraction of sp³-hybridized carbons (Fsp3) is 0.263. The van der Waals surface area contributed by atoms with Gasteiger partial charge in [0.05, 0.1) is 16.8 Å². The summed E-state index contributed by atoms with van der Waals surface area (Å²) in [5.41, 5.74) is 0.905. The molecule has 0 bridgehead atoms. The third-order valence-corrected chi connectivity index (χ3v) is 7.11. The molecule has 0 saturated heterocycles. The van der Waals surface area contributed by atoms with E-state index in [2.05, 4.69) is 5.32 Å². The molecule has 2 aromatic rings. The van der Waals surface area contributed by atoms with E-state index in [0.717, 1.165) is 14.9 Å². The summed E-state index contributed by atoms with van der Waals surface area (Å²) in [6.07, 6.45) is 0.946. The predicted molar refractivity (Wildman–Crippen MR) is 115 cm³/mol. The van der Waals surface area contributed by atoms with Crippen molar-refractivity contribution in [1.82, 2.24) is 4.31 Å². The first-order valence-corrected chi connectivity index (χ1v) is 12.0. The Morgan fingerprint density at radius 3 is 2.07 bits per heavy atom. The van der Waals surface area contributed by atoms with Crippen LogP contribution in [0.15, 0.2) is 53.4 Å². The highest BCUT2D eigenvalue weighted by atomic mass is 32.2. The fourth-order valence-electron chi connectivity index (χ4n) is 2.54. The van der Waals surface area contributed by atoms with E-state index in [-0.39, 0.29) is 16.4 Å². The number of rotatable bonds is 8. The van der Waals surface area contributed by atoms with Crippen LogP contribution in [0.4, 0.5) is 11.4 Å². The van der Waals surface area contributed by atoms with Gasteiger partial charge >= 0.3 is 0 Å². The average Bonchev–Trinajstić information content (AvgIpc) is 2.65. The fourth-order valence-corrected chi connectivity index (χ4v) is 4.30. The van der Waals surface area contributed by atoms with E-state index >= 15 is 0 Å². The summed E-state index contributed by atoms with van der Waals surface area (Å²) >= 11 is 0. The molecule has 11 heteroatoms. The molecule has 0 fully saturated rings. The molecule has 0 aliphatic heterocycles. The average molecular weight is 454 g/mol. The molecule has 0 aliphatic carbocycles. The Labute approximate surface area is 176 Å². The minimum atomic E-state index is -3.83. The first kappa shape index (κ1) is 23.5. The normalized spacial score (nSPS) is 11.9. The number of carbonyl (C=O) groups excluding carboxylic acids is 2. The first-order chi connectivity index (χ1) is 13.8. The third-order valence-electron chi connectivity index (χ3n) is 4.14. The van der Waals surface area contributed by atoms with Crippen molar-refractivity contribution in [2.24, 2.45) is 0 Å². The molecule has 0 atom stereocenters. The number of nitrogens with zero attached hydrogens (tertiary/aromatic N) is 2. The van der Waals surface area contributed by atoms with Gasteiger partial charge in [0.15, 0.2) is 5.78 Å². The number of benzene rings is 2. The number of ketones is 1. The number of nitrogens with one attached hydrogen (secondary N) is 1. The molecule has 0 aromatic heterocycles. The van der Waals surface area contributed by atoms with Crippen LogP contribution in [0.2, 0.25) is 0 Å². The molecule has 0 aliphatic rings. The molecule has 1 N–H and O–H groups in total. The molecule has 2 rings (SSSR count). The zero-order valence-electron chi connectivity index (χ0n) is 17.0. The number of amides is 1. The lowest BCUT2D eigenvalue weighted by Crippen LogP contribution is -2.37. The SMILES string of the molecule is CC(=O)c1cccc(NC(=O)CN(c2ccc(S(=O)(=O)N(C)C)cc2)S(C)(=O)=O)c1. The van der Waals surface area contributed by atoms with E-state index in [1.165, 1.54) is 51.4 Å². The second-order valence-corrected chi connectivity index (χ2v) is 10.8. The molecular weight excluding hydrogens is 430 g/mol. The Hall–Kier alpha value is -2.76. The number of hydrogen-bond donors (Lipinski definition) is 1. The van der Waals surface area contributed by atoms with Crippen LogP contribution in [0.5, 0.6) is 0 Å². The van der Waals surface area contributed by atoms with Crippen molar-refractivity contribution in [2.75, 3.05) is 36.5 Å². The van der Waals surface area contributed by atoms with Crippen LogP contribution in [0, 0.1) is 0 Å². The van der Waals surface area contributed by atoms with Gasteiger partial charge in [-0.3, -0.25) is 13.9 Å². The second kappa shape index (κ2) is 8.94. The van der Waals surface area contributed by atoms with E-state index < -0.39 is 32.5 Å². The van der Waals surface area contributed by atoms with Crippen LogP contribution < -0.4 is 9.62 Å². The van der Waals surface area contributed by atoms with Crippen LogP contribution in [-0.2, 0) is 24.8 Å². The Balaban J connectivity index is 2.26. The Morgan fingerprint density at radius 2 is 1.57 bits per heavy atom. The highest BCUT2D eigenvalue weighted by Gasteiger charge is 2.23. The van der Waals surface area contributed by atoms with Crippen molar-refractivity contribution in [3.05, 3.63) is 54.1 Å². The van der Waals surface area contributed by atoms with E-state index in [4.69, 9.17) is 0 Å². The van der Waals surface area contributed by atoms with E-state index in [1.807, 2.05) is 0 Å². The Morgan fingerprint density at radius 1 is 0.967 bits per heavy atom.